The zero-order valence-electron chi connectivity index (χ0n) is 18.6. The van der Waals surface area contributed by atoms with E-state index in [1.807, 2.05) is 23.8 Å². The molecule has 2 heterocycles. The number of esters is 1. The summed E-state index contributed by atoms with van der Waals surface area (Å²) in [6.07, 6.45) is 1.12. The lowest BCUT2D eigenvalue weighted by molar-refractivity contribution is 0.0474. The van der Waals surface area contributed by atoms with Crippen LogP contribution in [0.15, 0.2) is 41.9 Å². The number of rotatable bonds is 6. The molecule has 0 saturated carbocycles. The third kappa shape index (κ3) is 5.61. The molecule has 0 radical (unpaired) electrons. The normalized spacial score (nSPS) is 11.2. The number of nitrogens with one attached hydrogen (secondary N) is 1. The molecule has 168 valence electrons. The highest BCUT2D eigenvalue weighted by Gasteiger charge is 2.20. The molecule has 8 nitrogen and oxygen atoms in total. The summed E-state index contributed by atoms with van der Waals surface area (Å²) in [6, 6.07) is 7.90. The van der Waals surface area contributed by atoms with Crippen molar-refractivity contribution in [1.82, 2.24) is 9.55 Å². The van der Waals surface area contributed by atoms with E-state index < -0.39 is 17.7 Å². The number of anilines is 1. The lowest BCUT2D eigenvalue weighted by Crippen LogP contribution is -2.27. The van der Waals surface area contributed by atoms with Gasteiger partial charge in [-0.1, -0.05) is 0 Å². The maximum atomic E-state index is 12.7. The number of aryl methyl sites for hydroxylation is 1. The molecule has 1 amide bonds. The number of Topliss-reactive ketones (excluding diaryl/α,β-unsaturated/α-hetero) is 1. The number of amides is 1. The van der Waals surface area contributed by atoms with Crippen LogP contribution in [0.3, 0.4) is 0 Å². The second kappa shape index (κ2) is 9.35. The molecule has 1 aromatic carbocycles. The number of carbonyl (C=O) groups is 3. The van der Waals surface area contributed by atoms with Crippen molar-refractivity contribution in [2.24, 2.45) is 0 Å². The second-order valence-electron chi connectivity index (χ2n) is 8.14. The summed E-state index contributed by atoms with van der Waals surface area (Å²) in [7, 11) is 0. The smallest absolute Gasteiger partial charge is 0.412 e. The Morgan fingerprint density at radius 2 is 1.81 bits per heavy atom. The van der Waals surface area contributed by atoms with Gasteiger partial charge in [0.25, 0.3) is 0 Å². The molecule has 0 unspecified atom stereocenters. The van der Waals surface area contributed by atoms with Gasteiger partial charge in [0.15, 0.2) is 11.7 Å². The molecule has 3 rings (SSSR count). The van der Waals surface area contributed by atoms with Gasteiger partial charge in [-0.2, -0.15) is 0 Å². The number of nitrogens with zero attached hydrogens (tertiary/aromatic N) is 2. The molecule has 3 aromatic rings. The van der Waals surface area contributed by atoms with Crippen molar-refractivity contribution in [3.05, 3.63) is 64.4 Å². The Morgan fingerprint density at radius 1 is 1.12 bits per heavy atom. The number of carbonyl (C=O) groups excluding carboxylic acids is 3. The van der Waals surface area contributed by atoms with Crippen LogP contribution in [-0.2, 0) is 9.47 Å². The van der Waals surface area contributed by atoms with Crippen molar-refractivity contribution in [2.75, 3.05) is 11.9 Å². The number of hydrogen-bond acceptors (Lipinski definition) is 7. The predicted octanol–water partition coefficient (Wildman–Crippen LogP) is 4.94. The fourth-order valence-electron chi connectivity index (χ4n) is 3.07. The highest BCUT2D eigenvalue weighted by atomic mass is 32.1. The van der Waals surface area contributed by atoms with Gasteiger partial charge in [0.2, 0.25) is 5.78 Å². The zero-order valence-corrected chi connectivity index (χ0v) is 19.4. The Morgan fingerprint density at radius 3 is 2.41 bits per heavy atom. The van der Waals surface area contributed by atoms with E-state index in [1.165, 1.54) is 23.5 Å². The first-order chi connectivity index (χ1) is 15.0. The third-order valence-corrected chi connectivity index (χ3v) is 5.20. The van der Waals surface area contributed by atoms with Gasteiger partial charge in [-0.15, -0.1) is 11.3 Å². The van der Waals surface area contributed by atoms with Crippen LogP contribution < -0.4 is 5.32 Å². The Bertz CT molecular complexity index is 1130. The molecule has 9 heteroatoms. The van der Waals surface area contributed by atoms with Crippen LogP contribution >= 0.6 is 11.3 Å². The van der Waals surface area contributed by atoms with Gasteiger partial charge in [-0.05, 0) is 65.0 Å². The van der Waals surface area contributed by atoms with Crippen LogP contribution in [0.4, 0.5) is 10.5 Å². The molecule has 0 aliphatic heterocycles. The Labute approximate surface area is 190 Å². The average Bonchev–Trinajstić information content (AvgIpc) is 3.32. The lowest BCUT2D eigenvalue weighted by atomic mass is 10.1. The first kappa shape index (κ1) is 23.2. The summed E-state index contributed by atoms with van der Waals surface area (Å²) in [5, 5.41) is 5.23. The zero-order chi connectivity index (χ0) is 23.5. The first-order valence-corrected chi connectivity index (χ1v) is 10.8. The van der Waals surface area contributed by atoms with Crippen LogP contribution in [0.5, 0.6) is 0 Å². The van der Waals surface area contributed by atoms with E-state index in [2.05, 4.69) is 10.3 Å². The molecule has 32 heavy (non-hydrogen) atoms. The van der Waals surface area contributed by atoms with E-state index in [-0.39, 0.29) is 18.0 Å². The van der Waals surface area contributed by atoms with Crippen molar-refractivity contribution in [2.45, 2.75) is 40.2 Å². The number of hydrogen-bond donors (Lipinski definition) is 1. The predicted molar refractivity (Wildman–Crippen MR) is 122 cm³/mol. The summed E-state index contributed by atoms with van der Waals surface area (Å²) in [5.74, 6) is -0.923. The first-order valence-electron chi connectivity index (χ1n) is 9.94. The molecule has 0 saturated heterocycles. The maximum absolute atomic E-state index is 12.7. The van der Waals surface area contributed by atoms with E-state index in [0.29, 0.717) is 11.3 Å². The topological polar surface area (TPSA) is 99.5 Å². The monoisotopic (exact) mass is 455 g/mol. The number of benzene rings is 1. The van der Waals surface area contributed by atoms with E-state index in [1.54, 1.807) is 45.2 Å². The molecule has 1 N–H and O–H groups in total. The molecule has 0 fully saturated rings. The number of aromatic nitrogens is 2. The van der Waals surface area contributed by atoms with Gasteiger partial charge in [-0.3, -0.25) is 14.7 Å². The van der Waals surface area contributed by atoms with Crippen LogP contribution in [0, 0.1) is 13.8 Å². The minimum absolute atomic E-state index is 0.265. The Balaban J connectivity index is 1.60. The van der Waals surface area contributed by atoms with Gasteiger partial charge < -0.3 is 9.47 Å². The van der Waals surface area contributed by atoms with Gasteiger partial charge >= 0.3 is 12.1 Å². The number of thiazole rings is 1. The molecule has 2 aromatic heterocycles. The van der Waals surface area contributed by atoms with Crippen molar-refractivity contribution in [1.29, 1.82) is 0 Å². The summed E-state index contributed by atoms with van der Waals surface area (Å²) in [4.78, 5) is 41.1. The molecule has 0 bridgehead atoms. The summed E-state index contributed by atoms with van der Waals surface area (Å²) >= 11 is 1.47. The maximum Gasteiger partial charge on any atom is 0.412 e. The largest absolute Gasteiger partial charge is 0.454 e. The van der Waals surface area contributed by atoms with Gasteiger partial charge in [0.05, 0.1) is 5.56 Å². The second-order valence-corrected chi connectivity index (χ2v) is 9.01. The van der Waals surface area contributed by atoms with Crippen LogP contribution in [0.1, 0.15) is 52.9 Å². The van der Waals surface area contributed by atoms with Crippen molar-refractivity contribution < 1.29 is 23.9 Å². The van der Waals surface area contributed by atoms with Crippen molar-refractivity contribution >= 4 is 34.9 Å². The third-order valence-electron chi connectivity index (χ3n) is 4.44. The van der Waals surface area contributed by atoms with E-state index in [9.17, 15) is 14.4 Å². The van der Waals surface area contributed by atoms with E-state index in [4.69, 9.17) is 9.47 Å². The van der Waals surface area contributed by atoms with Crippen LogP contribution in [0.25, 0.3) is 5.13 Å². The minimum atomic E-state index is -0.629. The van der Waals surface area contributed by atoms with E-state index in [0.717, 1.165) is 16.5 Å². The molecular formula is C23H25N3O5S. The van der Waals surface area contributed by atoms with Crippen LogP contribution in [-0.4, -0.2) is 39.6 Å². The summed E-state index contributed by atoms with van der Waals surface area (Å²) < 4.78 is 12.3. The van der Waals surface area contributed by atoms with Crippen LogP contribution in [0.2, 0.25) is 0 Å². The quantitative estimate of drug-likeness (QED) is 0.418. The van der Waals surface area contributed by atoms with Gasteiger partial charge in [0.1, 0.15) is 5.60 Å². The SMILES string of the molecule is Cc1cc(C(=O)COC(=O)c2ccc(NC(=O)OC(C)(C)C)cc2)c(C)n1-c1nccs1. The van der Waals surface area contributed by atoms with Gasteiger partial charge in [0, 0.05) is 34.2 Å². The lowest BCUT2D eigenvalue weighted by Gasteiger charge is -2.19. The molecule has 0 aliphatic carbocycles. The Kier molecular flexibility index (Phi) is 6.78. The Hall–Kier alpha value is -3.46. The average molecular weight is 456 g/mol. The van der Waals surface area contributed by atoms with Crippen molar-refractivity contribution in [3.8, 4) is 5.13 Å². The number of ketones is 1. The molecular weight excluding hydrogens is 430 g/mol. The fourth-order valence-corrected chi connectivity index (χ4v) is 3.82. The molecule has 0 aliphatic rings. The summed E-state index contributed by atoms with van der Waals surface area (Å²) in [5.41, 5.74) is 2.24. The highest BCUT2D eigenvalue weighted by molar-refractivity contribution is 7.12. The standard InChI is InChI=1S/C23H25N3O5S/c1-14-12-18(15(2)26(14)21-24-10-11-32-21)19(27)13-30-20(28)16-6-8-17(9-7-16)25-22(29)31-23(3,4)5/h6-12H,13H2,1-5H3,(H,25,29). The minimum Gasteiger partial charge on any atom is -0.454 e. The van der Waals surface area contributed by atoms with Gasteiger partial charge in [-0.25, -0.2) is 14.6 Å². The number of ether oxygens (including phenoxy) is 2. The van der Waals surface area contributed by atoms with E-state index >= 15 is 0 Å². The fraction of sp³-hybridized carbons (Fsp3) is 0.304. The summed E-state index contributed by atoms with van der Waals surface area (Å²) in [6.45, 7) is 8.65. The molecule has 0 spiro atoms. The van der Waals surface area contributed by atoms with Crippen molar-refractivity contribution in [3.63, 3.8) is 0 Å². The molecule has 0 atom stereocenters. The highest BCUT2D eigenvalue weighted by Crippen LogP contribution is 2.23.